The molecule has 0 aliphatic heterocycles. The van der Waals surface area contributed by atoms with Crippen LogP contribution in [0.4, 0.5) is 13.2 Å². The minimum absolute atomic E-state index is 0.142. The zero-order chi connectivity index (χ0) is 16.2. The van der Waals surface area contributed by atoms with Crippen molar-refractivity contribution in [3.8, 4) is 5.75 Å². The van der Waals surface area contributed by atoms with E-state index in [0.29, 0.717) is 17.2 Å². The summed E-state index contributed by atoms with van der Waals surface area (Å²) in [6.45, 7) is 0.409. The van der Waals surface area contributed by atoms with Crippen molar-refractivity contribution in [1.82, 2.24) is 4.57 Å². The molecule has 118 valence electrons. The van der Waals surface area contributed by atoms with Gasteiger partial charge in [-0.15, -0.1) is 0 Å². The van der Waals surface area contributed by atoms with Crippen LogP contribution >= 0.6 is 11.6 Å². The average Bonchev–Trinajstić information content (AvgIpc) is 2.44. The molecule has 2 aromatic rings. The van der Waals surface area contributed by atoms with Crippen LogP contribution in [0, 0.1) is 0 Å². The van der Waals surface area contributed by atoms with Gasteiger partial charge in [0.25, 0.3) is 5.56 Å². The summed E-state index contributed by atoms with van der Waals surface area (Å²) < 4.78 is 44.2. The van der Waals surface area contributed by atoms with Crippen LogP contribution in [0.15, 0.2) is 47.4 Å². The summed E-state index contributed by atoms with van der Waals surface area (Å²) in [6.07, 6.45) is -3.25. The van der Waals surface area contributed by atoms with Gasteiger partial charge in [-0.2, -0.15) is 13.2 Å². The van der Waals surface area contributed by atoms with Crippen molar-refractivity contribution in [2.24, 2.45) is 0 Å². The van der Waals surface area contributed by atoms with Gasteiger partial charge in [-0.25, -0.2) is 0 Å². The van der Waals surface area contributed by atoms with Gasteiger partial charge in [-0.1, -0.05) is 17.7 Å². The quantitative estimate of drug-likeness (QED) is 0.776. The zero-order valence-electron chi connectivity index (χ0n) is 11.4. The van der Waals surface area contributed by atoms with Crippen molar-refractivity contribution in [2.75, 3.05) is 6.61 Å². The summed E-state index contributed by atoms with van der Waals surface area (Å²) in [5.41, 5.74) is -1.32. The molecule has 7 heteroatoms. The van der Waals surface area contributed by atoms with E-state index in [0.717, 1.165) is 22.9 Å². The lowest BCUT2D eigenvalue weighted by Gasteiger charge is -2.11. The maximum Gasteiger partial charge on any atom is 0.417 e. The van der Waals surface area contributed by atoms with Gasteiger partial charge >= 0.3 is 6.18 Å². The van der Waals surface area contributed by atoms with Gasteiger partial charge in [0.2, 0.25) is 0 Å². The summed E-state index contributed by atoms with van der Waals surface area (Å²) >= 11 is 5.80. The van der Waals surface area contributed by atoms with Crippen LogP contribution in [0.5, 0.6) is 5.75 Å². The third-order valence-electron chi connectivity index (χ3n) is 2.92. The lowest BCUT2D eigenvalue weighted by atomic mass is 10.2. The maximum atomic E-state index is 12.6. The van der Waals surface area contributed by atoms with E-state index in [4.69, 9.17) is 16.3 Å². The molecule has 0 unspecified atom stereocenters. The average molecular weight is 332 g/mol. The Hall–Kier alpha value is -1.95. The first-order chi connectivity index (χ1) is 10.4. The second-order valence-corrected chi connectivity index (χ2v) is 5.04. The van der Waals surface area contributed by atoms with Crippen LogP contribution in [0.2, 0.25) is 5.02 Å². The Kier molecular flexibility index (Phi) is 5.13. The Morgan fingerprint density at radius 1 is 1.18 bits per heavy atom. The highest BCUT2D eigenvalue weighted by Crippen LogP contribution is 2.28. The normalized spacial score (nSPS) is 11.5. The number of benzene rings is 1. The molecule has 0 N–H and O–H groups in total. The van der Waals surface area contributed by atoms with E-state index in [9.17, 15) is 18.0 Å². The molecule has 1 aromatic carbocycles. The molecule has 0 bridgehead atoms. The smallest absolute Gasteiger partial charge is 0.417 e. The number of pyridine rings is 1. The number of ether oxygens (including phenoxy) is 1. The number of hydrogen-bond donors (Lipinski definition) is 0. The third-order valence-corrected chi connectivity index (χ3v) is 3.15. The van der Waals surface area contributed by atoms with Crippen molar-refractivity contribution in [3.63, 3.8) is 0 Å². The van der Waals surface area contributed by atoms with Crippen molar-refractivity contribution >= 4 is 11.6 Å². The number of halogens is 4. The van der Waals surface area contributed by atoms with E-state index in [2.05, 4.69) is 0 Å². The van der Waals surface area contributed by atoms with Gasteiger partial charge < -0.3 is 9.30 Å². The van der Waals surface area contributed by atoms with E-state index in [1.165, 1.54) is 0 Å². The molecule has 0 aliphatic carbocycles. The van der Waals surface area contributed by atoms with E-state index in [1.807, 2.05) is 0 Å². The highest BCUT2D eigenvalue weighted by Gasteiger charge is 2.30. The van der Waals surface area contributed by atoms with E-state index >= 15 is 0 Å². The molecule has 0 saturated carbocycles. The lowest BCUT2D eigenvalue weighted by molar-refractivity contribution is -0.138. The van der Waals surface area contributed by atoms with Gasteiger partial charge in [0.1, 0.15) is 5.75 Å². The molecule has 3 nitrogen and oxygen atoms in total. The molecule has 1 aromatic heterocycles. The second kappa shape index (κ2) is 6.87. The molecule has 22 heavy (non-hydrogen) atoms. The summed E-state index contributed by atoms with van der Waals surface area (Å²) in [5.74, 6) is 0.573. The molecule has 0 saturated heterocycles. The van der Waals surface area contributed by atoms with Crippen LogP contribution < -0.4 is 10.3 Å². The molecule has 0 radical (unpaired) electrons. The Morgan fingerprint density at radius 2 is 1.95 bits per heavy atom. The number of hydrogen-bond acceptors (Lipinski definition) is 2. The number of alkyl halides is 3. The lowest BCUT2D eigenvalue weighted by Crippen LogP contribution is -2.22. The summed E-state index contributed by atoms with van der Waals surface area (Å²) in [4.78, 5) is 11.5. The molecule has 0 amide bonds. The van der Waals surface area contributed by atoms with Gasteiger partial charge in [0.05, 0.1) is 12.2 Å². The largest absolute Gasteiger partial charge is 0.493 e. The van der Waals surface area contributed by atoms with Gasteiger partial charge in [0, 0.05) is 23.8 Å². The van der Waals surface area contributed by atoms with Crippen molar-refractivity contribution < 1.29 is 17.9 Å². The van der Waals surface area contributed by atoms with Gasteiger partial charge in [0.15, 0.2) is 0 Å². The fraction of sp³-hybridized carbons (Fsp3) is 0.267. The fourth-order valence-electron chi connectivity index (χ4n) is 1.86. The van der Waals surface area contributed by atoms with Crippen LogP contribution in [-0.2, 0) is 12.7 Å². The molecular formula is C15H13ClF3NO2. The third kappa shape index (κ3) is 4.53. The maximum absolute atomic E-state index is 12.6. The molecule has 0 aliphatic rings. The van der Waals surface area contributed by atoms with Crippen molar-refractivity contribution in [2.45, 2.75) is 19.1 Å². The first-order valence-corrected chi connectivity index (χ1v) is 6.90. The molecule has 0 fully saturated rings. The first-order valence-electron chi connectivity index (χ1n) is 6.52. The van der Waals surface area contributed by atoms with Crippen LogP contribution in [0.25, 0.3) is 0 Å². The van der Waals surface area contributed by atoms with E-state index in [-0.39, 0.29) is 13.2 Å². The zero-order valence-corrected chi connectivity index (χ0v) is 12.2. The first kappa shape index (κ1) is 16.4. The molecule has 0 atom stereocenters. The van der Waals surface area contributed by atoms with Crippen molar-refractivity contribution in [1.29, 1.82) is 0 Å². The highest BCUT2D eigenvalue weighted by molar-refractivity contribution is 6.30. The Labute approximate surface area is 129 Å². The molecular weight excluding hydrogens is 319 g/mol. The Balaban J connectivity index is 1.93. The highest BCUT2D eigenvalue weighted by atomic mass is 35.5. The van der Waals surface area contributed by atoms with Gasteiger partial charge in [-0.05, 0) is 30.7 Å². The Bertz CT molecular complexity index is 698. The number of aryl methyl sites for hydroxylation is 1. The van der Waals surface area contributed by atoms with Crippen LogP contribution in [0.1, 0.15) is 12.0 Å². The number of nitrogens with zero attached hydrogens (tertiary/aromatic N) is 1. The monoisotopic (exact) mass is 331 g/mol. The van der Waals surface area contributed by atoms with Gasteiger partial charge in [-0.3, -0.25) is 4.79 Å². The van der Waals surface area contributed by atoms with E-state index in [1.54, 1.807) is 24.3 Å². The molecule has 0 spiro atoms. The summed E-state index contributed by atoms with van der Waals surface area (Å²) in [6, 6.07) is 8.49. The number of rotatable bonds is 5. The molecule has 2 rings (SSSR count). The topological polar surface area (TPSA) is 31.2 Å². The fourth-order valence-corrected chi connectivity index (χ4v) is 2.04. The predicted molar refractivity (Wildman–Crippen MR) is 77.3 cm³/mol. The standard InChI is InChI=1S/C15H13ClF3NO2/c16-12-3-1-4-13(9-12)22-8-2-7-20-10-11(15(17,18)19)5-6-14(20)21/h1,3-6,9-10H,2,7-8H2. The minimum atomic E-state index is -4.47. The number of aromatic nitrogens is 1. The second-order valence-electron chi connectivity index (χ2n) is 4.61. The minimum Gasteiger partial charge on any atom is -0.493 e. The van der Waals surface area contributed by atoms with Crippen LogP contribution in [-0.4, -0.2) is 11.2 Å². The van der Waals surface area contributed by atoms with E-state index < -0.39 is 17.3 Å². The summed E-state index contributed by atoms with van der Waals surface area (Å²) in [5, 5.41) is 0.534. The van der Waals surface area contributed by atoms with Crippen molar-refractivity contribution in [3.05, 3.63) is 63.5 Å². The predicted octanol–water partition coefficient (Wildman–Crippen LogP) is 3.99. The van der Waals surface area contributed by atoms with Crippen LogP contribution in [0.3, 0.4) is 0 Å². The SMILES string of the molecule is O=c1ccc(C(F)(F)F)cn1CCCOc1cccc(Cl)c1. The molecule has 1 heterocycles. The summed E-state index contributed by atoms with van der Waals surface area (Å²) in [7, 11) is 0. The Morgan fingerprint density at radius 3 is 2.64 bits per heavy atom.